The van der Waals surface area contributed by atoms with Gasteiger partial charge < -0.3 is 10.2 Å². The molecule has 1 aliphatic heterocycles. The van der Waals surface area contributed by atoms with E-state index in [1.807, 2.05) is 52.8 Å². The van der Waals surface area contributed by atoms with Gasteiger partial charge in [-0.1, -0.05) is 48.2 Å². The molecule has 0 unspecified atom stereocenters. The molecule has 1 aromatic heterocycles. The van der Waals surface area contributed by atoms with Gasteiger partial charge in [-0.2, -0.15) is 0 Å². The van der Waals surface area contributed by atoms with Crippen molar-refractivity contribution in [3.8, 4) is 5.69 Å². The van der Waals surface area contributed by atoms with Crippen LogP contribution in [0.1, 0.15) is 5.69 Å². The van der Waals surface area contributed by atoms with Crippen molar-refractivity contribution in [1.29, 1.82) is 0 Å². The summed E-state index contributed by atoms with van der Waals surface area (Å²) in [5.74, 6) is -0.423. The summed E-state index contributed by atoms with van der Waals surface area (Å²) in [5.41, 5.74) is 2.47. The lowest BCUT2D eigenvalue weighted by Crippen LogP contribution is -2.43. The molecule has 1 amide bonds. The number of hydrogen-bond donors (Lipinski definition) is 1. The topological polar surface area (TPSA) is 79.6 Å². The zero-order valence-electron chi connectivity index (χ0n) is 19.1. The molecule has 0 saturated carbocycles. The van der Waals surface area contributed by atoms with Crippen molar-refractivity contribution in [1.82, 2.24) is 13.7 Å². The van der Waals surface area contributed by atoms with E-state index in [1.54, 1.807) is 18.7 Å². The fourth-order valence-electron chi connectivity index (χ4n) is 3.82. The quantitative estimate of drug-likeness (QED) is 0.520. The van der Waals surface area contributed by atoms with Gasteiger partial charge in [0, 0.05) is 50.9 Å². The number of nitrogens with one attached hydrogen (secondary N) is 1. The molecule has 2 heterocycles. The minimum Gasteiger partial charge on any atom is -0.369 e. The van der Waals surface area contributed by atoms with E-state index in [-0.39, 0.29) is 27.4 Å². The summed E-state index contributed by atoms with van der Waals surface area (Å²) in [6.45, 7) is 4.99. The minimum atomic E-state index is -0.376. The fraction of sp³-hybridized carbons (Fsp3) is 0.292. The number of amides is 1. The van der Waals surface area contributed by atoms with Crippen LogP contribution in [0.3, 0.4) is 0 Å². The summed E-state index contributed by atoms with van der Waals surface area (Å²) in [6.07, 6.45) is 0. The second-order valence-corrected chi connectivity index (χ2v) is 10.1. The minimum absolute atomic E-state index is 0.0467. The molecule has 0 spiro atoms. The van der Waals surface area contributed by atoms with Gasteiger partial charge in [0.1, 0.15) is 5.69 Å². The van der Waals surface area contributed by atoms with Crippen LogP contribution >= 0.6 is 23.7 Å². The highest BCUT2D eigenvalue weighted by Gasteiger charge is 2.22. The maximum absolute atomic E-state index is 12.9. The van der Waals surface area contributed by atoms with Gasteiger partial charge >= 0.3 is 0 Å². The van der Waals surface area contributed by atoms with Gasteiger partial charge in [-0.15, -0.1) is 0 Å². The number of hydrogen-bond acceptors (Lipinski definition) is 7. The average Bonchev–Trinajstić information content (AvgIpc) is 3.07. The Kier molecular flexibility index (Phi) is 7.81. The number of para-hydroxylation sites is 2. The fourth-order valence-corrected chi connectivity index (χ4v) is 5.40. The molecule has 0 radical (unpaired) electrons. The van der Waals surface area contributed by atoms with Gasteiger partial charge in [0.15, 0.2) is 0 Å². The molecule has 2 aromatic carbocycles. The summed E-state index contributed by atoms with van der Waals surface area (Å²) in [5, 5.41) is 2.70. The van der Waals surface area contributed by atoms with Crippen LogP contribution in [-0.2, 0) is 11.8 Å². The Balaban J connectivity index is 1.27. The molecular formula is C24H27N5O3S2. The molecule has 178 valence electrons. The van der Waals surface area contributed by atoms with Crippen molar-refractivity contribution in [2.24, 2.45) is 7.05 Å². The largest absolute Gasteiger partial charge is 0.369 e. The predicted molar refractivity (Wildman–Crippen MR) is 140 cm³/mol. The second kappa shape index (κ2) is 11.0. The number of thioether (sulfide) groups is 1. The van der Waals surface area contributed by atoms with Gasteiger partial charge in [0.25, 0.3) is 10.0 Å². The maximum Gasteiger partial charge on any atom is 0.295 e. The third-order valence-corrected chi connectivity index (χ3v) is 7.70. The Morgan fingerprint density at radius 1 is 0.912 bits per heavy atom. The normalized spacial score (nSPS) is 14.2. The van der Waals surface area contributed by atoms with Gasteiger partial charge in [0.05, 0.1) is 17.1 Å². The molecule has 3 aromatic rings. The zero-order chi connectivity index (χ0) is 24.1. The monoisotopic (exact) mass is 497 g/mol. The van der Waals surface area contributed by atoms with E-state index in [9.17, 15) is 14.4 Å². The SMILES string of the molecule is Cc1c(NC(=O)CSC(=O)SN2CCN(c3ccccc3)CC2)c(=O)n(-c2ccccc2)n1C. The molecule has 10 heteroatoms. The van der Waals surface area contributed by atoms with E-state index in [0.29, 0.717) is 11.4 Å². The van der Waals surface area contributed by atoms with E-state index in [2.05, 4.69) is 22.3 Å². The second-order valence-electron chi connectivity index (χ2n) is 7.87. The first-order valence-corrected chi connectivity index (χ1v) is 12.7. The number of piperazine rings is 1. The summed E-state index contributed by atoms with van der Waals surface area (Å²) in [4.78, 5) is 40.1. The number of benzene rings is 2. The van der Waals surface area contributed by atoms with E-state index >= 15 is 0 Å². The summed E-state index contributed by atoms with van der Waals surface area (Å²) >= 11 is 2.11. The lowest BCUT2D eigenvalue weighted by atomic mass is 10.2. The van der Waals surface area contributed by atoms with Crippen LogP contribution in [0.2, 0.25) is 0 Å². The summed E-state index contributed by atoms with van der Waals surface area (Å²) in [7, 11) is 1.77. The van der Waals surface area contributed by atoms with Crippen LogP contribution in [-0.4, -0.2) is 56.0 Å². The van der Waals surface area contributed by atoms with Crippen molar-refractivity contribution in [2.75, 3.05) is 42.1 Å². The zero-order valence-corrected chi connectivity index (χ0v) is 20.8. The van der Waals surface area contributed by atoms with E-state index < -0.39 is 0 Å². The van der Waals surface area contributed by atoms with Crippen molar-refractivity contribution in [2.45, 2.75) is 6.92 Å². The smallest absolute Gasteiger partial charge is 0.295 e. The molecule has 1 N–H and O–H groups in total. The third-order valence-electron chi connectivity index (χ3n) is 5.70. The molecular weight excluding hydrogens is 470 g/mol. The number of aromatic nitrogens is 2. The van der Waals surface area contributed by atoms with Gasteiger partial charge in [0.2, 0.25) is 5.91 Å². The van der Waals surface area contributed by atoms with E-state index in [4.69, 9.17) is 0 Å². The lowest BCUT2D eigenvalue weighted by Gasteiger charge is -2.34. The Bertz CT molecular complexity index is 1200. The summed E-state index contributed by atoms with van der Waals surface area (Å²) in [6, 6.07) is 19.5. The van der Waals surface area contributed by atoms with Gasteiger partial charge in [-0.3, -0.25) is 19.1 Å². The first kappa shape index (κ1) is 24.2. The highest BCUT2D eigenvalue weighted by Crippen LogP contribution is 2.24. The highest BCUT2D eigenvalue weighted by atomic mass is 32.2. The number of anilines is 2. The van der Waals surface area contributed by atoms with Crippen LogP contribution in [0.4, 0.5) is 16.2 Å². The predicted octanol–water partition coefficient (Wildman–Crippen LogP) is 3.75. The molecule has 8 nitrogen and oxygen atoms in total. The molecule has 1 saturated heterocycles. The molecule has 1 aliphatic rings. The van der Waals surface area contributed by atoms with E-state index in [1.165, 1.54) is 10.4 Å². The Morgan fingerprint density at radius 3 is 2.12 bits per heavy atom. The standard InChI is InChI=1S/C24H27N5O3S2/c1-18-22(23(31)29(26(18)2)20-11-7-4-8-12-20)25-21(30)17-33-24(32)34-28-15-13-27(14-16-28)19-9-5-3-6-10-19/h3-12H,13-17H2,1-2H3,(H,25,30). The number of rotatable bonds is 6. The average molecular weight is 498 g/mol. The molecule has 34 heavy (non-hydrogen) atoms. The lowest BCUT2D eigenvalue weighted by molar-refractivity contribution is -0.113. The molecule has 0 atom stereocenters. The van der Waals surface area contributed by atoms with Crippen LogP contribution in [0.15, 0.2) is 65.5 Å². The van der Waals surface area contributed by atoms with Crippen LogP contribution in [0, 0.1) is 6.92 Å². The van der Waals surface area contributed by atoms with Crippen LogP contribution in [0.25, 0.3) is 5.69 Å². The maximum atomic E-state index is 12.9. The molecule has 4 rings (SSSR count). The van der Waals surface area contributed by atoms with Gasteiger partial charge in [-0.25, -0.2) is 8.99 Å². The molecule has 1 fully saturated rings. The number of carbonyl (C=O) groups excluding carboxylic acids is 2. The van der Waals surface area contributed by atoms with Crippen molar-refractivity contribution < 1.29 is 9.59 Å². The molecule has 0 bridgehead atoms. The van der Waals surface area contributed by atoms with Crippen molar-refractivity contribution in [3.05, 3.63) is 76.7 Å². The Labute approximate surface area is 207 Å². The first-order chi connectivity index (χ1) is 16.4. The number of carbonyl (C=O) groups is 2. The number of nitrogens with zero attached hydrogens (tertiary/aromatic N) is 4. The Morgan fingerprint density at radius 2 is 1.50 bits per heavy atom. The molecule has 0 aliphatic carbocycles. The van der Waals surface area contributed by atoms with Crippen molar-refractivity contribution in [3.63, 3.8) is 0 Å². The van der Waals surface area contributed by atoms with Crippen LogP contribution in [0.5, 0.6) is 0 Å². The van der Waals surface area contributed by atoms with E-state index in [0.717, 1.165) is 49.9 Å². The van der Waals surface area contributed by atoms with Gasteiger partial charge in [-0.05, 0) is 31.2 Å². The Hall–Kier alpha value is -2.95. The van der Waals surface area contributed by atoms with Crippen LogP contribution < -0.4 is 15.8 Å². The summed E-state index contributed by atoms with van der Waals surface area (Å²) < 4.78 is 5.12. The van der Waals surface area contributed by atoms with Crippen molar-refractivity contribution >= 4 is 45.4 Å². The highest BCUT2D eigenvalue weighted by molar-refractivity contribution is 8.37. The third kappa shape index (κ3) is 5.57. The first-order valence-electron chi connectivity index (χ1n) is 11.0.